The molecular formula is C26H27N3O6S2. The molecule has 1 fully saturated rings. The Morgan fingerprint density at radius 2 is 1.73 bits per heavy atom. The molecule has 1 amide bonds. The lowest BCUT2D eigenvalue weighted by atomic mass is 10.2. The lowest BCUT2D eigenvalue weighted by Crippen LogP contribution is -2.39. The second-order valence-electron chi connectivity index (χ2n) is 8.00. The van der Waals surface area contributed by atoms with Gasteiger partial charge in [0.1, 0.15) is 18.4 Å². The van der Waals surface area contributed by atoms with Crippen molar-refractivity contribution >= 4 is 39.6 Å². The lowest BCUT2D eigenvalue weighted by Gasteiger charge is -2.25. The Labute approximate surface area is 220 Å². The van der Waals surface area contributed by atoms with E-state index in [0.29, 0.717) is 11.5 Å². The van der Waals surface area contributed by atoms with E-state index in [4.69, 9.17) is 14.2 Å². The first-order chi connectivity index (χ1) is 17.9. The van der Waals surface area contributed by atoms with Gasteiger partial charge in [0.15, 0.2) is 11.5 Å². The molecule has 0 aliphatic carbocycles. The highest BCUT2D eigenvalue weighted by atomic mass is 32.2. The predicted octanol–water partition coefficient (Wildman–Crippen LogP) is 3.54. The third-order valence-electron chi connectivity index (χ3n) is 5.47. The number of anilines is 1. The van der Waals surface area contributed by atoms with Gasteiger partial charge in [0.2, 0.25) is 0 Å². The second-order valence-corrected chi connectivity index (χ2v) is 10.9. The van der Waals surface area contributed by atoms with E-state index >= 15 is 0 Å². The van der Waals surface area contributed by atoms with Crippen LogP contribution >= 0.6 is 11.8 Å². The number of thioether (sulfide) groups is 1. The first-order valence-electron chi connectivity index (χ1n) is 11.4. The zero-order chi connectivity index (χ0) is 26.3. The van der Waals surface area contributed by atoms with Crippen molar-refractivity contribution in [3.8, 4) is 17.2 Å². The fraction of sp³-hybridized carbons (Fsp3) is 0.231. The van der Waals surface area contributed by atoms with E-state index in [1.54, 1.807) is 30.3 Å². The molecule has 1 heterocycles. The summed E-state index contributed by atoms with van der Waals surface area (Å²) in [5, 5.41) is 3.99. The number of hydrogen-bond donors (Lipinski definition) is 1. The highest BCUT2D eigenvalue weighted by Gasteiger charge is 2.28. The summed E-state index contributed by atoms with van der Waals surface area (Å²) in [6, 6.07) is 19.9. The van der Waals surface area contributed by atoms with E-state index in [0.717, 1.165) is 27.1 Å². The fourth-order valence-corrected chi connectivity index (χ4v) is 5.46. The molecule has 0 saturated carbocycles. The van der Waals surface area contributed by atoms with Crippen molar-refractivity contribution in [3.63, 3.8) is 0 Å². The van der Waals surface area contributed by atoms with Gasteiger partial charge in [0.05, 0.1) is 31.0 Å². The van der Waals surface area contributed by atoms with E-state index in [1.807, 2.05) is 36.0 Å². The summed E-state index contributed by atoms with van der Waals surface area (Å²) < 4.78 is 44.3. The van der Waals surface area contributed by atoms with Crippen LogP contribution in [0.1, 0.15) is 5.56 Å². The number of benzene rings is 3. The maximum absolute atomic E-state index is 13.5. The Kier molecular flexibility index (Phi) is 8.57. The molecule has 11 heteroatoms. The van der Waals surface area contributed by atoms with Gasteiger partial charge in [-0.1, -0.05) is 18.2 Å². The molecule has 1 aliphatic heterocycles. The number of hydrazone groups is 1. The summed E-state index contributed by atoms with van der Waals surface area (Å²) in [6.45, 7) is -0.504. The summed E-state index contributed by atoms with van der Waals surface area (Å²) >= 11 is 1.85. The number of ether oxygens (including phenoxy) is 3. The number of hydrogen-bond acceptors (Lipinski definition) is 8. The Bertz CT molecular complexity index is 1340. The minimum atomic E-state index is -4.07. The van der Waals surface area contributed by atoms with Crippen molar-refractivity contribution in [3.05, 3.63) is 78.4 Å². The van der Waals surface area contributed by atoms with E-state index in [9.17, 15) is 13.2 Å². The summed E-state index contributed by atoms with van der Waals surface area (Å²) in [5.41, 5.74) is 3.40. The van der Waals surface area contributed by atoms with Crippen LogP contribution in [0.2, 0.25) is 0 Å². The zero-order valence-corrected chi connectivity index (χ0v) is 22.0. The summed E-state index contributed by atoms with van der Waals surface area (Å²) in [6.07, 6.45) is 1.73. The van der Waals surface area contributed by atoms with E-state index in [-0.39, 0.29) is 16.7 Å². The van der Waals surface area contributed by atoms with Gasteiger partial charge in [-0.2, -0.15) is 16.9 Å². The van der Waals surface area contributed by atoms with Gasteiger partial charge >= 0.3 is 0 Å². The predicted molar refractivity (Wildman–Crippen MR) is 144 cm³/mol. The van der Waals surface area contributed by atoms with Gasteiger partial charge in [-0.3, -0.25) is 9.10 Å². The molecule has 0 unspecified atom stereocenters. The summed E-state index contributed by atoms with van der Waals surface area (Å²) in [5.74, 6) is 2.91. The second kappa shape index (κ2) is 12.0. The fourth-order valence-electron chi connectivity index (χ4n) is 3.47. The largest absolute Gasteiger partial charge is 0.493 e. The molecule has 9 nitrogen and oxygen atoms in total. The lowest BCUT2D eigenvalue weighted by molar-refractivity contribution is -0.119. The summed E-state index contributed by atoms with van der Waals surface area (Å²) in [4.78, 5) is 12.8. The van der Waals surface area contributed by atoms with Gasteiger partial charge in [0.25, 0.3) is 15.9 Å². The van der Waals surface area contributed by atoms with Crippen molar-refractivity contribution in [2.75, 3.05) is 36.6 Å². The molecule has 0 atom stereocenters. The molecule has 1 aliphatic rings. The third-order valence-corrected chi connectivity index (χ3v) is 8.47. The highest BCUT2D eigenvalue weighted by molar-refractivity contribution is 8.00. The zero-order valence-electron chi connectivity index (χ0n) is 20.4. The van der Waals surface area contributed by atoms with E-state index in [1.165, 1.54) is 38.6 Å². The van der Waals surface area contributed by atoms with Gasteiger partial charge in [-0.25, -0.2) is 13.8 Å². The average molecular weight is 542 g/mol. The monoisotopic (exact) mass is 541 g/mol. The van der Waals surface area contributed by atoms with E-state index < -0.39 is 22.5 Å². The highest BCUT2D eigenvalue weighted by Crippen LogP contribution is 2.33. The Hall–Kier alpha value is -3.70. The molecule has 1 N–H and O–H groups in total. The Balaban J connectivity index is 1.49. The Morgan fingerprint density at radius 1 is 1.03 bits per heavy atom. The molecule has 4 rings (SSSR count). The van der Waals surface area contributed by atoms with Crippen LogP contribution in [0.5, 0.6) is 17.2 Å². The van der Waals surface area contributed by atoms with Crippen LogP contribution in [-0.4, -0.2) is 58.9 Å². The van der Waals surface area contributed by atoms with Crippen molar-refractivity contribution in [2.45, 2.75) is 11.0 Å². The van der Waals surface area contributed by atoms with Crippen LogP contribution in [0, 0.1) is 0 Å². The molecule has 3 aromatic carbocycles. The van der Waals surface area contributed by atoms with Crippen LogP contribution in [0.4, 0.5) is 5.69 Å². The normalized spacial score (nSPS) is 13.6. The topological polar surface area (TPSA) is 107 Å². The van der Waals surface area contributed by atoms with Crippen LogP contribution < -0.4 is 23.9 Å². The molecule has 3 aromatic rings. The molecule has 0 aromatic heterocycles. The number of methoxy groups -OCH3 is 2. The number of carbonyl (C=O) groups is 1. The minimum Gasteiger partial charge on any atom is -0.493 e. The summed E-state index contributed by atoms with van der Waals surface area (Å²) in [7, 11) is -1.14. The standard InChI is InChI=1S/C26H27N3O6S2/c1-33-24-13-10-20(14-25(24)34-2)29(37(31,32)23-6-4-3-5-7-23)16-26(30)28-27-15-19-8-11-21(12-9-19)35-22-17-36-18-22/h3-15,22H,16-18H2,1-2H3,(H,28,30)/b27-15-. The molecule has 37 heavy (non-hydrogen) atoms. The minimum absolute atomic E-state index is 0.0453. The first-order valence-corrected chi connectivity index (χ1v) is 14.0. The molecule has 0 radical (unpaired) electrons. The number of rotatable bonds is 11. The van der Waals surface area contributed by atoms with Gasteiger partial charge in [0, 0.05) is 17.6 Å². The molecular weight excluding hydrogens is 514 g/mol. The SMILES string of the molecule is COc1ccc(N(CC(=O)N/N=C\c2ccc(OC3CSC3)cc2)S(=O)(=O)c2ccccc2)cc1OC. The van der Waals surface area contributed by atoms with Gasteiger partial charge in [-0.15, -0.1) is 0 Å². The molecule has 194 valence electrons. The van der Waals surface area contributed by atoms with Crippen LogP contribution in [0.3, 0.4) is 0 Å². The first kappa shape index (κ1) is 26.4. The quantitative estimate of drug-likeness (QED) is 0.292. The number of nitrogens with one attached hydrogen (secondary N) is 1. The maximum atomic E-state index is 13.5. The number of carbonyl (C=O) groups excluding carboxylic acids is 1. The van der Waals surface area contributed by atoms with Crippen molar-refractivity contribution in [1.82, 2.24) is 5.43 Å². The number of amides is 1. The van der Waals surface area contributed by atoms with Crippen molar-refractivity contribution in [1.29, 1.82) is 0 Å². The molecule has 0 spiro atoms. The van der Waals surface area contributed by atoms with Crippen molar-refractivity contribution in [2.24, 2.45) is 5.10 Å². The number of sulfonamides is 1. The van der Waals surface area contributed by atoms with Crippen molar-refractivity contribution < 1.29 is 27.4 Å². The van der Waals surface area contributed by atoms with Crippen LogP contribution in [-0.2, 0) is 14.8 Å². The number of nitrogens with zero attached hydrogens (tertiary/aromatic N) is 2. The van der Waals surface area contributed by atoms with Crippen LogP contribution in [0.15, 0.2) is 82.8 Å². The average Bonchev–Trinajstić information content (AvgIpc) is 2.90. The van der Waals surface area contributed by atoms with Crippen LogP contribution in [0.25, 0.3) is 0 Å². The Morgan fingerprint density at radius 3 is 2.35 bits per heavy atom. The maximum Gasteiger partial charge on any atom is 0.264 e. The molecule has 1 saturated heterocycles. The third kappa shape index (κ3) is 6.55. The van der Waals surface area contributed by atoms with E-state index in [2.05, 4.69) is 10.5 Å². The van der Waals surface area contributed by atoms with Gasteiger partial charge in [-0.05, 0) is 54.1 Å². The van der Waals surface area contributed by atoms with Gasteiger partial charge < -0.3 is 14.2 Å². The molecule has 0 bridgehead atoms. The smallest absolute Gasteiger partial charge is 0.264 e.